The third-order valence-electron chi connectivity index (χ3n) is 8.28. The molecule has 3 rings (SSSR count). The highest BCUT2D eigenvalue weighted by Crippen LogP contribution is 2.39. The Labute approximate surface area is 286 Å². The quantitative estimate of drug-likeness (QED) is 0.102. The molecule has 1 atom stereocenters. The van der Waals surface area contributed by atoms with Crippen LogP contribution in [-0.2, 0) is 42.3 Å². The maximum Gasteiger partial charge on any atom is 0.306 e. The molecule has 0 saturated carbocycles. The van der Waals surface area contributed by atoms with E-state index < -0.39 is 11.9 Å². The minimum atomic E-state index is -0.431. The van der Waals surface area contributed by atoms with Gasteiger partial charge in [-0.15, -0.1) is 0 Å². The summed E-state index contributed by atoms with van der Waals surface area (Å²) in [6.07, 6.45) is 5.62. The van der Waals surface area contributed by atoms with Crippen molar-refractivity contribution in [2.45, 2.75) is 103 Å². The van der Waals surface area contributed by atoms with E-state index in [1.165, 1.54) is 0 Å². The molecule has 1 N–H and O–H groups in total. The molecule has 0 aliphatic heterocycles. The number of ether oxygens (including phenoxy) is 4. The number of unbranched alkanes of at least 4 members (excludes halogenated alkanes) is 2. The maximum atomic E-state index is 13.7. The van der Waals surface area contributed by atoms with Crippen LogP contribution in [0.15, 0.2) is 66.7 Å². The first-order valence-electron chi connectivity index (χ1n) is 17.0. The first kappa shape index (κ1) is 38.1. The van der Waals surface area contributed by atoms with Crippen molar-refractivity contribution in [2.24, 2.45) is 0 Å². The van der Waals surface area contributed by atoms with E-state index in [4.69, 9.17) is 18.9 Å². The topological polar surface area (TPSA) is 100 Å². The molecule has 0 aromatic heterocycles. The predicted molar refractivity (Wildman–Crippen MR) is 190 cm³/mol. The summed E-state index contributed by atoms with van der Waals surface area (Å²) in [4.78, 5) is 37.9. The molecule has 0 fully saturated rings. The molecule has 0 saturated heterocycles. The van der Waals surface area contributed by atoms with Crippen molar-refractivity contribution in [3.05, 3.63) is 89.0 Å². The summed E-state index contributed by atoms with van der Waals surface area (Å²) in [5, 5.41) is 3.23. The van der Waals surface area contributed by atoms with Gasteiger partial charge in [0.05, 0.1) is 33.7 Å². The van der Waals surface area contributed by atoms with Crippen LogP contribution in [0.3, 0.4) is 0 Å². The number of aryl methyl sites for hydroxylation is 1. The highest BCUT2D eigenvalue weighted by atomic mass is 16.5. The van der Waals surface area contributed by atoms with Crippen molar-refractivity contribution in [2.75, 3.05) is 26.1 Å². The number of benzene rings is 3. The summed E-state index contributed by atoms with van der Waals surface area (Å²) in [5.41, 5.74) is 4.56. The molecular formula is C40H53NO7. The zero-order chi connectivity index (χ0) is 34.9. The molecule has 3 aromatic rings. The molecule has 1 amide bonds. The van der Waals surface area contributed by atoms with Crippen molar-refractivity contribution in [3.8, 4) is 11.5 Å². The largest absolute Gasteiger partial charge is 0.493 e. The summed E-state index contributed by atoms with van der Waals surface area (Å²) in [5.74, 6) is 0.396. The van der Waals surface area contributed by atoms with Gasteiger partial charge in [-0.2, -0.15) is 0 Å². The molecule has 8 nitrogen and oxygen atoms in total. The molecule has 0 radical (unpaired) electrons. The van der Waals surface area contributed by atoms with E-state index in [0.717, 1.165) is 53.6 Å². The molecule has 1 unspecified atom stereocenters. The van der Waals surface area contributed by atoms with Crippen LogP contribution in [0.2, 0.25) is 0 Å². The van der Waals surface area contributed by atoms with Crippen molar-refractivity contribution in [1.82, 2.24) is 0 Å². The van der Waals surface area contributed by atoms with Crippen LogP contribution in [0.5, 0.6) is 11.5 Å². The Morgan fingerprint density at radius 2 is 1.52 bits per heavy atom. The maximum absolute atomic E-state index is 13.7. The van der Waals surface area contributed by atoms with Gasteiger partial charge in [-0.1, -0.05) is 102 Å². The molecule has 8 heteroatoms. The van der Waals surface area contributed by atoms with Crippen LogP contribution in [-0.4, -0.2) is 38.7 Å². The van der Waals surface area contributed by atoms with E-state index in [9.17, 15) is 14.4 Å². The Hall–Kier alpha value is -4.33. The van der Waals surface area contributed by atoms with E-state index in [1.54, 1.807) is 14.2 Å². The molecule has 48 heavy (non-hydrogen) atoms. The van der Waals surface area contributed by atoms with Crippen LogP contribution in [0, 0.1) is 0 Å². The van der Waals surface area contributed by atoms with Gasteiger partial charge in [0.2, 0.25) is 5.91 Å². The fourth-order valence-corrected chi connectivity index (χ4v) is 5.72. The second kappa shape index (κ2) is 19.5. The van der Waals surface area contributed by atoms with Gasteiger partial charge < -0.3 is 24.3 Å². The van der Waals surface area contributed by atoms with Gasteiger partial charge in [0.1, 0.15) is 6.61 Å². The molecular weight excluding hydrogens is 606 g/mol. The standard InChI is InChI=1S/C40H53NO7/c1-7-8-10-18-31(32-19-13-20-35(45-5)39(32)46-6)27-36(42)41-34-26-29(21-22-33(34)40(2,3)4)17-14-25-47-37(43)23-24-38(44)48-28-30-15-11-9-12-16-30/h9,11-13,15-16,19-22,26,31H,7-8,10,14,17-18,23-25,27-28H2,1-6H3,(H,41,42). The fourth-order valence-electron chi connectivity index (χ4n) is 5.72. The first-order chi connectivity index (χ1) is 23.0. The van der Waals surface area contributed by atoms with Crippen LogP contribution >= 0.6 is 0 Å². The predicted octanol–water partition coefficient (Wildman–Crippen LogP) is 8.69. The summed E-state index contributed by atoms with van der Waals surface area (Å²) in [6, 6.07) is 21.4. The lowest BCUT2D eigenvalue weighted by atomic mass is 9.84. The monoisotopic (exact) mass is 659 g/mol. The fraction of sp³-hybridized carbons (Fsp3) is 0.475. The summed E-state index contributed by atoms with van der Waals surface area (Å²) < 4.78 is 21.9. The third kappa shape index (κ3) is 12.4. The lowest BCUT2D eigenvalue weighted by Gasteiger charge is -2.25. The van der Waals surface area contributed by atoms with Crippen LogP contribution in [0.4, 0.5) is 5.69 Å². The van der Waals surface area contributed by atoms with Gasteiger partial charge in [-0.3, -0.25) is 14.4 Å². The number of methoxy groups -OCH3 is 2. The van der Waals surface area contributed by atoms with Crippen molar-refractivity contribution in [1.29, 1.82) is 0 Å². The number of carbonyl (C=O) groups is 3. The minimum absolute atomic E-state index is 0.0208. The van der Waals surface area contributed by atoms with Crippen molar-refractivity contribution < 1.29 is 33.3 Å². The number of esters is 2. The number of carbonyl (C=O) groups excluding carboxylic acids is 3. The van der Waals surface area contributed by atoms with E-state index in [1.807, 2.05) is 54.6 Å². The number of hydrogen-bond acceptors (Lipinski definition) is 7. The second-order valence-corrected chi connectivity index (χ2v) is 13.1. The van der Waals surface area contributed by atoms with Crippen molar-refractivity contribution in [3.63, 3.8) is 0 Å². The zero-order valence-corrected chi connectivity index (χ0v) is 29.6. The van der Waals surface area contributed by atoms with Crippen molar-refractivity contribution >= 4 is 23.5 Å². The molecule has 0 aliphatic rings. The Morgan fingerprint density at radius 3 is 2.19 bits per heavy atom. The number of hydrogen-bond donors (Lipinski definition) is 1. The molecule has 3 aromatic carbocycles. The molecule has 0 aliphatic carbocycles. The molecule has 0 spiro atoms. The minimum Gasteiger partial charge on any atom is -0.493 e. The van der Waals surface area contributed by atoms with E-state index in [0.29, 0.717) is 30.8 Å². The first-order valence-corrected chi connectivity index (χ1v) is 17.0. The Morgan fingerprint density at radius 1 is 0.792 bits per heavy atom. The highest BCUT2D eigenvalue weighted by molar-refractivity contribution is 5.92. The van der Waals surface area contributed by atoms with Crippen LogP contribution < -0.4 is 14.8 Å². The third-order valence-corrected chi connectivity index (χ3v) is 8.28. The number of para-hydroxylation sites is 1. The highest BCUT2D eigenvalue weighted by Gasteiger charge is 2.24. The molecule has 260 valence electrons. The lowest BCUT2D eigenvalue weighted by molar-refractivity contribution is -0.151. The lowest BCUT2D eigenvalue weighted by Crippen LogP contribution is -2.21. The van der Waals surface area contributed by atoms with E-state index in [2.05, 4.69) is 45.1 Å². The van der Waals surface area contributed by atoms with Gasteiger partial charge in [-0.25, -0.2) is 0 Å². The number of rotatable bonds is 19. The van der Waals surface area contributed by atoms with Gasteiger partial charge in [0.15, 0.2) is 11.5 Å². The van der Waals surface area contributed by atoms with Gasteiger partial charge in [0, 0.05) is 17.7 Å². The number of anilines is 1. The Balaban J connectivity index is 1.58. The van der Waals surface area contributed by atoms with Gasteiger partial charge >= 0.3 is 11.9 Å². The Kier molecular flexibility index (Phi) is 15.5. The molecule has 0 bridgehead atoms. The average molecular weight is 660 g/mol. The summed E-state index contributed by atoms with van der Waals surface area (Å²) in [6.45, 7) is 8.98. The van der Waals surface area contributed by atoms with E-state index >= 15 is 0 Å². The molecule has 0 heterocycles. The zero-order valence-electron chi connectivity index (χ0n) is 29.6. The smallest absolute Gasteiger partial charge is 0.306 e. The van der Waals surface area contributed by atoms with Crippen LogP contribution in [0.1, 0.15) is 107 Å². The van der Waals surface area contributed by atoms with E-state index in [-0.39, 0.29) is 43.3 Å². The average Bonchev–Trinajstić information content (AvgIpc) is 3.07. The normalized spacial score (nSPS) is 11.8. The van der Waals surface area contributed by atoms with Crippen LogP contribution in [0.25, 0.3) is 0 Å². The Bertz CT molecular complexity index is 1460. The SMILES string of the molecule is CCCCCC(CC(=O)Nc1cc(CCCOC(=O)CCC(=O)OCc2ccccc2)ccc1C(C)(C)C)c1cccc(OC)c1OC. The van der Waals surface area contributed by atoms with Gasteiger partial charge in [-0.05, 0) is 59.4 Å². The second-order valence-electron chi connectivity index (χ2n) is 13.1. The summed E-state index contributed by atoms with van der Waals surface area (Å²) in [7, 11) is 3.26. The summed E-state index contributed by atoms with van der Waals surface area (Å²) >= 11 is 0. The van der Waals surface area contributed by atoms with Gasteiger partial charge in [0.25, 0.3) is 0 Å². The number of nitrogens with one attached hydrogen (secondary N) is 1. The number of amides is 1.